The van der Waals surface area contributed by atoms with Gasteiger partial charge in [-0.1, -0.05) is 30.7 Å². The van der Waals surface area contributed by atoms with Gasteiger partial charge in [-0.05, 0) is 24.6 Å². The van der Waals surface area contributed by atoms with Crippen LogP contribution in [-0.2, 0) is 0 Å². The molecule has 0 spiro atoms. The van der Waals surface area contributed by atoms with Crippen molar-refractivity contribution in [2.45, 2.75) is 13.8 Å². The Bertz CT molecular complexity index is 641. The lowest BCUT2D eigenvalue weighted by Crippen LogP contribution is -2.23. The van der Waals surface area contributed by atoms with Crippen molar-refractivity contribution in [3.05, 3.63) is 52.0 Å². The highest BCUT2D eigenvalue weighted by atomic mass is 35.5. The summed E-state index contributed by atoms with van der Waals surface area (Å²) in [5, 5.41) is 9.81. The molecule has 3 nitrogen and oxygen atoms in total. The highest BCUT2D eigenvalue weighted by Gasteiger charge is 2.31. The van der Waals surface area contributed by atoms with Crippen LogP contribution in [0.4, 0.5) is 0 Å². The summed E-state index contributed by atoms with van der Waals surface area (Å²) in [5.74, 6) is -0.453. The van der Waals surface area contributed by atoms with Crippen LogP contribution in [0, 0.1) is 29.7 Å². The van der Waals surface area contributed by atoms with Crippen LogP contribution in [0.5, 0.6) is 0 Å². The van der Waals surface area contributed by atoms with E-state index in [4.69, 9.17) is 23.4 Å². The Labute approximate surface area is 117 Å². The maximum Gasteiger partial charge on any atom is 0.195 e. The third-order valence-electron chi connectivity index (χ3n) is 3.29. The third-order valence-corrected chi connectivity index (χ3v) is 3.54. The molecule has 0 fully saturated rings. The summed E-state index contributed by atoms with van der Waals surface area (Å²) in [4.78, 5) is 8.03. The standard InChI is InChI=1S/C15H12ClN3/c1-9-13(8-17)10(2)19-15(14(9)18-3)11-4-6-12(16)7-5-11/h4-7,9,13H,1-2H3/t9-,13?/m1/s1. The minimum atomic E-state index is -0.319. The molecule has 94 valence electrons. The van der Waals surface area contributed by atoms with Crippen LogP contribution < -0.4 is 0 Å². The number of benzene rings is 1. The lowest BCUT2D eigenvalue weighted by atomic mass is 9.84. The predicted octanol–water partition coefficient (Wildman–Crippen LogP) is 4.18. The van der Waals surface area contributed by atoms with Gasteiger partial charge in [-0.25, -0.2) is 4.85 Å². The maximum atomic E-state index is 9.16. The number of aliphatic imine (C=N–C) groups is 1. The SMILES string of the molecule is [C-]#[N+]C1=C(c2ccc(Cl)cc2)N=C(C)C(C#N)[C@H]1C. The summed E-state index contributed by atoms with van der Waals surface area (Å²) >= 11 is 5.87. The summed E-state index contributed by atoms with van der Waals surface area (Å²) < 4.78 is 0. The molecular weight excluding hydrogens is 258 g/mol. The van der Waals surface area contributed by atoms with Crippen molar-refractivity contribution in [3.63, 3.8) is 0 Å². The molecule has 2 atom stereocenters. The predicted molar refractivity (Wildman–Crippen MR) is 76.4 cm³/mol. The van der Waals surface area contributed by atoms with Gasteiger partial charge >= 0.3 is 0 Å². The number of allylic oxidation sites excluding steroid dienone is 1. The molecule has 0 N–H and O–H groups in total. The molecule has 0 saturated carbocycles. The average Bonchev–Trinajstić information content (AvgIpc) is 2.39. The minimum Gasteiger partial charge on any atom is -0.268 e. The molecule has 1 aromatic rings. The molecule has 0 aromatic heterocycles. The van der Waals surface area contributed by atoms with E-state index >= 15 is 0 Å². The average molecular weight is 270 g/mol. The van der Waals surface area contributed by atoms with Crippen molar-refractivity contribution in [3.8, 4) is 6.07 Å². The zero-order chi connectivity index (χ0) is 14.0. The van der Waals surface area contributed by atoms with Gasteiger partial charge in [0.25, 0.3) is 0 Å². The fourth-order valence-corrected chi connectivity index (χ4v) is 2.34. The normalized spacial score (nSPS) is 22.5. The minimum absolute atomic E-state index is 0.134. The largest absolute Gasteiger partial charge is 0.268 e. The smallest absolute Gasteiger partial charge is 0.195 e. The number of hydrogen-bond donors (Lipinski definition) is 0. The Morgan fingerprint density at radius 1 is 1.37 bits per heavy atom. The van der Waals surface area contributed by atoms with Gasteiger partial charge in [-0.15, -0.1) is 0 Å². The number of nitrogens with zero attached hydrogens (tertiary/aromatic N) is 3. The van der Waals surface area contributed by atoms with E-state index < -0.39 is 0 Å². The molecule has 1 unspecified atom stereocenters. The summed E-state index contributed by atoms with van der Waals surface area (Å²) in [5.41, 5.74) is 2.81. The van der Waals surface area contributed by atoms with Crippen LogP contribution in [0.2, 0.25) is 5.02 Å². The van der Waals surface area contributed by atoms with Gasteiger partial charge in [0, 0.05) is 16.7 Å². The molecular formula is C15H12ClN3. The van der Waals surface area contributed by atoms with E-state index in [-0.39, 0.29) is 11.8 Å². The van der Waals surface area contributed by atoms with E-state index in [1.54, 1.807) is 12.1 Å². The molecule has 1 heterocycles. The molecule has 0 amide bonds. The topological polar surface area (TPSA) is 40.5 Å². The van der Waals surface area contributed by atoms with Gasteiger partial charge in [0.05, 0.1) is 24.3 Å². The van der Waals surface area contributed by atoms with Crippen molar-refractivity contribution in [1.29, 1.82) is 5.26 Å². The second kappa shape index (κ2) is 5.26. The van der Waals surface area contributed by atoms with Gasteiger partial charge in [-0.3, -0.25) is 4.99 Å². The highest BCUT2D eigenvalue weighted by Crippen LogP contribution is 2.36. The molecule has 2 rings (SSSR count). The van der Waals surface area contributed by atoms with Gasteiger partial charge in [0.2, 0.25) is 0 Å². The molecule has 0 aliphatic carbocycles. The number of halogens is 1. The Morgan fingerprint density at radius 2 is 2.00 bits per heavy atom. The van der Waals surface area contributed by atoms with Gasteiger partial charge < -0.3 is 0 Å². The molecule has 0 radical (unpaired) electrons. The number of nitriles is 1. The molecule has 1 aliphatic heterocycles. The van der Waals surface area contributed by atoms with E-state index in [0.717, 1.165) is 11.3 Å². The Hall–Kier alpha value is -2.10. The van der Waals surface area contributed by atoms with Crippen molar-refractivity contribution in [2.24, 2.45) is 16.8 Å². The molecule has 1 aliphatic rings. The van der Waals surface area contributed by atoms with Crippen LogP contribution in [0.15, 0.2) is 35.0 Å². The number of hydrogen-bond acceptors (Lipinski definition) is 2. The van der Waals surface area contributed by atoms with Crippen molar-refractivity contribution < 1.29 is 0 Å². The highest BCUT2D eigenvalue weighted by molar-refractivity contribution is 6.30. The van der Waals surface area contributed by atoms with Gasteiger partial charge in [0.15, 0.2) is 5.70 Å². The first-order valence-electron chi connectivity index (χ1n) is 5.91. The summed E-state index contributed by atoms with van der Waals surface area (Å²) in [6, 6.07) is 9.46. The molecule has 0 saturated heterocycles. The Morgan fingerprint density at radius 3 is 2.53 bits per heavy atom. The summed E-state index contributed by atoms with van der Waals surface area (Å²) in [7, 11) is 0. The zero-order valence-corrected chi connectivity index (χ0v) is 11.4. The zero-order valence-electron chi connectivity index (χ0n) is 10.7. The Kier molecular flexibility index (Phi) is 3.69. The lowest BCUT2D eigenvalue weighted by molar-refractivity contribution is 0.618. The van der Waals surface area contributed by atoms with Gasteiger partial charge in [-0.2, -0.15) is 5.26 Å². The van der Waals surface area contributed by atoms with Gasteiger partial charge in [0.1, 0.15) is 0 Å². The maximum absolute atomic E-state index is 9.16. The first-order chi connectivity index (χ1) is 9.08. The van der Waals surface area contributed by atoms with E-state index in [1.807, 2.05) is 26.0 Å². The van der Waals surface area contributed by atoms with Crippen LogP contribution >= 0.6 is 11.6 Å². The molecule has 0 bridgehead atoms. The van der Waals surface area contributed by atoms with E-state index in [1.165, 1.54) is 0 Å². The first-order valence-corrected chi connectivity index (χ1v) is 6.28. The van der Waals surface area contributed by atoms with Crippen molar-refractivity contribution >= 4 is 23.0 Å². The summed E-state index contributed by atoms with van der Waals surface area (Å²) in [6.45, 7) is 11.1. The van der Waals surface area contributed by atoms with E-state index in [9.17, 15) is 0 Å². The van der Waals surface area contributed by atoms with E-state index in [0.29, 0.717) is 16.4 Å². The molecule has 1 aromatic carbocycles. The molecule has 19 heavy (non-hydrogen) atoms. The van der Waals surface area contributed by atoms with E-state index in [2.05, 4.69) is 15.9 Å². The quantitative estimate of drug-likeness (QED) is 0.705. The Balaban J connectivity index is 2.58. The summed E-state index contributed by atoms with van der Waals surface area (Å²) in [6.07, 6.45) is 0. The van der Waals surface area contributed by atoms with Crippen LogP contribution in [0.1, 0.15) is 19.4 Å². The van der Waals surface area contributed by atoms with Crippen LogP contribution in [-0.4, -0.2) is 5.71 Å². The fourth-order valence-electron chi connectivity index (χ4n) is 2.22. The number of rotatable bonds is 1. The second-order valence-corrected chi connectivity index (χ2v) is 4.94. The first kappa shape index (κ1) is 13.3. The van der Waals surface area contributed by atoms with Crippen molar-refractivity contribution in [2.75, 3.05) is 0 Å². The second-order valence-electron chi connectivity index (χ2n) is 4.50. The lowest BCUT2D eigenvalue weighted by Gasteiger charge is -2.24. The third kappa shape index (κ3) is 2.38. The van der Waals surface area contributed by atoms with Crippen molar-refractivity contribution in [1.82, 2.24) is 0 Å². The van der Waals surface area contributed by atoms with Crippen LogP contribution in [0.3, 0.4) is 0 Å². The fraction of sp³-hybridized carbons (Fsp3) is 0.267. The van der Waals surface area contributed by atoms with Crippen LogP contribution in [0.25, 0.3) is 10.5 Å². The monoisotopic (exact) mass is 269 g/mol. The molecule has 4 heteroatoms.